The molecule has 0 bridgehead atoms. The normalized spacial score (nSPS) is 20.0. The predicted octanol–water partition coefficient (Wildman–Crippen LogP) is 8.45. The fraction of sp³-hybridized carbons (Fsp3) is 0.0500. The SMILES string of the molecule is O=S(=O)(N=C1OC(c2ccccc2)=CC12C(c1ccccc1)C(c1cccc3ccccc13)=NN2c1ccccc1)c1ccccc1. The van der Waals surface area contributed by atoms with Crippen molar-refractivity contribution in [1.29, 1.82) is 0 Å². The Morgan fingerprint density at radius 2 is 1.26 bits per heavy atom. The molecule has 0 fully saturated rings. The van der Waals surface area contributed by atoms with Crippen molar-refractivity contribution in [2.75, 3.05) is 5.01 Å². The van der Waals surface area contributed by atoms with Gasteiger partial charge in [-0.15, -0.1) is 4.40 Å². The lowest BCUT2D eigenvalue weighted by molar-refractivity contribution is 0.474. The zero-order chi connectivity index (χ0) is 31.8. The van der Waals surface area contributed by atoms with Gasteiger partial charge in [0, 0.05) is 11.1 Å². The monoisotopic (exact) mass is 631 g/mol. The molecule has 2 aliphatic heterocycles. The Labute approximate surface area is 273 Å². The van der Waals surface area contributed by atoms with Crippen molar-refractivity contribution in [3.8, 4) is 0 Å². The Morgan fingerprint density at radius 1 is 0.660 bits per heavy atom. The van der Waals surface area contributed by atoms with Crippen LogP contribution in [0.4, 0.5) is 5.69 Å². The topological polar surface area (TPSA) is 71.3 Å². The largest absolute Gasteiger partial charge is 0.439 e. The van der Waals surface area contributed by atoms with Crippen LogP contribution in [0.25, 0.3) is 16.5 Å². The van der Waals surface area contributed by atoms with E-state index in [2.05, 4.69) is 40.8 Å². The number of para-hydroxylation sites is 1. The first-order valence-corrected chi connectivity index (χ1v) is 16.8. The van der Waals surface area contributed by atoms with Gasteiger partial charge in [0.1, 0.15) is 5.76 Å². The molecule has 6 nitrogen and oxygen atoms in total. The maximum Gasteiger partial charge on any atom is 0.285 e. The average Bonchev–Trinajstić information content (AvgIpc) is 3.67. The Hall–Kier alpha value is -5.79. The Morgan fingerprint density at radius 3 is 1.98 bits per heavy atom. The first-order valence-electron chi connectivity index (χ1n) is 15.4. The van der Waals surface area contributed by atoms with Crippen LogP contribution in [0.3, 0.4) is 0 Å². The van der Waals surface area contributed by atoms with Gasteiger partial charge in [-0.25, -0.2) is 5.01 Å². The molecule has 0 aromatic heterocycles. The van der Waals surface area contributed by atoms with E-state index in [0.717, 1.165) is 38.9 Å². The molecule has 0 amide bonds. The molecule has 47 heavy (non-hydrogen) atoms. The highest BCUT2D eigenvalue weighted by Gasteiger charge is 2.60. The molecular weight excluding hydrogens is 603 g/mol. The van der Waals surface area contributed by atoms with E-state index in [0.29, 0.717) is 5.76 Å². The summed E-state index contributed by atoms with van der Waals surface area (Å²) >= 11 is 0. The van der Waals surface area contributed by atoms with Gasteiger partial charge in [0.15, 0.2) is 5.54 Å². The molecule has 228 valence electrons. The van der Waals surface area contributed by atoms with Crippen molar-refractivity contribution in [1.82, 2.24) is 0 Å². The van der Waals surface area contributed by atoms with E-state index in [1.807, 2.05) is 108 Å². The van der Waals surface area contributed by atoms with E-state index in [-0.39, 0.29) is 10.8 Å². The summed E-state index contributed by atoms with van der Waals surface area (Å²) in [5, 5.41) is 9.41. The summed E-state index contributed by atoms with van der Waals surface area (Å²) in [5.74, 6) is 0.0152. The summed E-state index contributed by atoms with van der Waals surface area (Å²) in [6, 6.07) is 52.2. The van der Waals surface area contributed by atoms with Gasteiger partial charge in [-0.1, -0.05) is 140 Å². The smallest absolute Gasteiger partial charge is 0.285 e. The van der Waals surface area contributed by atoms with Crippen LogP contribution in [-0.4, -0.2) is 25.6 Å². The van der Waals surface area contributed by atoms with Crippen LogP contribution >= 0.6 is 0 Å². The maximum atomic E-state index is 14.0. The molecule has 0 saturated heterocycles. The Balaban J connectivity index is 1.47. The summed E-state index contributed by atoms with van der Waals surface area (Å²) < 4.78 is 39.2. The van der Waals surface area contributed by atoms with Gasteiger partial charge < -0.3 is 4.74 Å². The standard InChI is InChI=1S/C40H29N3O3S/c44-47(45,33-24-11-4-12-25-33)42-39-40(28-36(46-39)30-17-5-1-6-18-30)37(31-19-7-2-8-20-31)38(41-43(40)32-22-9-3-10-23-32)35-27-15-21-29-16-13-14-26-34(29)35/h1-28,37H. The second kappa shape index (κ2) is 11.5. The molecular formula is C40H29N3O3S. The molecule has 2 aliphatic rings. The highest BCUT2D eigenvalue weighted by Crippen LogP contribution is 2.52. The Kier molecular flexibility index (Phi) is 7.04. The molecule has 8 rings (SSSR count). The lowest BCUT2D eigenvalue weighted by Crippen LogP contribution is -2.51. The quantitative estimate of drug-likeness (QED) is 0.185. The average molecular weight is 632 g/mol. The predicted molar refractivity (Wildman–Crippen MR) is 188 cm³/mol. The molecule has 6 aromatic rings. The maximum absolute atomic E-state index is 14.0. The first-order chi connectivity index (χ1) is 23.0. The fourth-order valence-corrected chi connectivity index (χ4v) is 7.57. The zero-order valence-electron chi connectivity index (χ0n) is 25.2. The lowest BCUT2D eigenvalue weighted by atomic mass is 9.74. The van der Waals surface area contributed by atoms with Crippen LogP contribution in [0.5, 0.6) is 0 Å². The zero-order valence-corrected chi connectivity index (χ0v) is 26.0. The van der Waals surface area contributed by atoms with Gasteiger partial charge in [0.2, 0.25) is 5.90 Å². The Bertz CT molecular complexity index is 2280. The van der Waals surface area contributed by atoms with Crippen molar-refractivity contribution in [3.05, 3.63) is 187 Å². The number of fused-ring (bicyclic) bond motifs is 1. The number of hydrogen-bond donors (Lipinski definition) is 0. The molecule has 2 heterocycles. The molecule has 0 saturated carbocycles. The van der Waals surface area contributed by atoms with Crippen LogP contribution in [0.1, 0.15) is 22.6 Å². The molecule has 6 aromatic carbocycles. The van der Waals surface area contributed by atoms with E-state index in [4.69, 9.17) is 9.84 Å². The minimum Gasteiger partial charge on any atom is -0.439 e. The number of sulfonamides is 1. The third-order valence-corrected chi connectivity index (χ3v) is 9.95. The number of hydrazone groups is 1. The number of hydrogen-bond acceptors (Lipinski definition) is 5. The van der Waals surface area contributed by atoms with Crippen molar-refractivity contribution < 1.29 is 13.2 Å². The van der Waals surface area contributed by atoms with E-state index in [1.165, 1.54) is 0 Å². The first kappa shape index (κ1) is 28.7. The van der Waals surface area contributed by atoms with Crippen LogP contribution < -0.4 is 5.01 Å². The fourth-order valence-electron chi connectivity index (χ4n) is 6.56. The second-order valence-electron chi connectivity index (χ2n) is 11.5. The van der Waals surface area contributed by atoms with E-state index in [9.17, 15) is 8.42 Å². The van der Waals surface area contributed by atoms with E-state index >= 15 is 0 Å². The number of benzene rings is 6. The summed E-state index contributed by atoms with van der Waals surface area (Å²) in [7, 11) is -4.19. The molecule has 0 N–H and O–H groups in total. The number of ether oxygens (including phenoxy) is 1. The van der Waals surface area contributed by atoms with Gasteiger partial charge in [-0.2, -0.15) is 13.5 Å². The third kappa shape index (κ3) is 4.92. The van der Waals surface area contributed by atoms with Crippen molar-refractivity contribution in [2.24, 2.45) is 9.50 Å². The molecule has 1 spiro atoms. The van der Waals surface area contributed by atoms with Crippen molar-refractivity contribution >= 4 is 43.9 Å². The number of anilines is 1. The molecule has 2 atom stereocenters. The highest BCUT2D eigenvalue weighted by molar-refractivity contribution is 7.90. The third-order valence-electron chi connectivity index (χ3n) is 8.67. The highest BCUT2D eigenvalue weighted by atomic mass is 32.2. The van der Waals surface area contributed by atoms with Crippen LogP contribution in [0.15, 0.2) is 184 Å². The van der Waals surface area contributed by atoms with Crippen LogP contribution in [0, 0.1) is 0 Å². The number of rotatable bonds is 6. The van der Waals surface area contributed by atoms with Gasteiger partial charge in [0.25, 0.3) is 10.0 Å². The second-order valence-corrected chi connectivity index (χ2v) is 13.1. The molecule has 0 radical (unpaired) electrons. The van der Waals surface area contributed by atoms with Gasteiger partial charge in [-0.05, 0) is 46.7 Å². The summed E-state index contributed by atoms with van der Waals surface area (Å²) in [4.78, 5) is 0.0788. The summed E-state index contributed by atoms with van der Waals surface area (Å²) in [5.41, 5.74) is 2.94. The minimum atomic E-state index is -4.19. The van der Waals surface area contributed by atoms with E-state index < -0.39 is 21.5 Å². The van der Waals surface area contributed by atoms with Crippen LogP contribution in [-0.2, 0) is 14.8 Å². The van der Waals surface area contributed by atoms with Gasteiger partial charge in [0.05, 0.1) is 22.2 Å². The van der Waals surface area contributed by atoms with Gasteiger partial charge in [-0.3, -0.25) is 0 Å². The molecule has 2 unspecified atom stereocenters. The van der Waals surface area contributed by atoms with Crippen molar-refractivity contribution in [3.63, 3.8) is 0 Å². The molecule has 0 aliphatic carbocycles. The van der Waals surface area contributed by atoms with Crippen LogP contribution in [0.2, 0.25) is 0 Å². The lowest BCUT2D eigenvalue weighted by Gasteiger charge is -2.36. The summed E-state index contributed by atoms with van der Waals surface area (Å²) in [6.45, 7) is 0. The number of nitrogens with zero attached hydrogens (tertiary/aromatic N) is 3. The van der Waals surface area contributed by atoms with Gasteiger partial charge >= 0.3 is 0 Å². The summed E-state index contributed by atoms with van der Waals surface area (Å²) in [6.07, 6.45) is 1.99. The molecule has 7 heteroatoms. The van der Waals surface area contributed by atoms with Crippen molar-refractivity contribution in [2.45, 2.75) is 16.4 Å². The minimum absolute atomic E-state index is 0.0249. The van der Waals surface area contributed by atoms with E-state index in [1.54, 1.807) is 30.3 Å².